The molecule has 4 aromatic rings. The minimum atomic E-state index is -0.479. The van der Waals surface area contributed by atoms with Crippen molar-refractivity contribution in [2.75, 3.05) is 0 Å². The van der Waals surface area contributed by atoms with Crippen LogP contribution in [0.15, 0.2) is 56.7 Å². The van der Waals surface area contributed by atoms with E-state index in [0.29, 0.717) is 28.2 Å². The Bertz CT molecular complexity index is 1230. The predicted octanol–water partition coefficient (Wildman–Crippen LogP) is 3.23. The summed E-state index contributed by atoms with van der Waals surface area (Å²) in [5.41, 5.74) is 5.85. The maximum Gasteiger partial charge on any atom is 0.269 e. The van der Waals surface area contributed by atoms with E-state index in [1.165, 1.54) is 30.2 Å². The van der Waals surface area contributed by atoms with Crippen LogP contribution >= 0.6 is 11.8 Å². The fraction of sp³-hybridized carbons (Fsp3) is 0.211. The third-order valence-corrected chi connectivity index (χ3v) is 5.50. The third kappa shape index (κ3) is 4.51. The first-order chi connectivity index (χ1) is 15.4. The monoisotopic (exact) mass is 455 g/mol. The van der Waals surface area contributed by atoms with Crippen LogP contribution in [0.5, 0.6) is 0 Å². The first kappa shape index (κ1) is 21.2. The van der Waals surface area contributed by atoms with Gasteiger partial charge in [-0.3, -0.25) is 19.5 Å². The van der Waals surface area contributed by atoms with Crippen LogP contribution in [0.3, 0.4) is 0 Å². The second kappa shape index (κ2) is 9.01. The summed E-state index contributed by atoms with van der Waals surface area (Å²) in [6.07, 6.45) is 1.63. The number of thioether (sulfide) groups is 1. The number of hydrogen-bond donors (Lipinski definition) is 1. The van der Waals surface area contributed by atoms with Gasteiger partial charge < -0.3 is 14.6 Å². The summed E-state index contributed by atoms with van der Waals surface area (Å²) in [5.74, 6) is 1.13. The summed E-state index contributed by atoms with van der Waals surface area (Å²) in [7, 11) is 0. The van der Waals surface area contributed by atoms with E-state index in [9.17, 15) is 14.9 Å². The van der Waals surface area contributed by atoms with E-state index in [-0.39, 0.29) is 29.8 Å². The minimum Gasteiger partial charge on any atom is -0.461 e. The van der Waals surface area contributed by atoms with Crippen LogP contribution in [0.2, 0.25) is 0 Å². The molecule has 0 aliphatic heterocycles. The highest BCUT2D eigenvalue weighted by Gasteiger charge is 2.23. The molecule has 12 nitrogen and oxygen atoms in total. The van der Waals surface area contributed by atoms with Gasteiger partial charge in [-0.15, -0.1) is 20.4 Å². The lowest BCUT2D eigenvalue weighted by atomic mass is 10.2. The van der Waals surface area contributed by atoms with E-state index in [0.717, 1.165) is 0 Å². The van der Waals surface area contributed by atoms with Gasteiger partial charge in [0.1, 0.15) is 0 Å². The summed E-state index contributed by atoms with van der Waals surface area (Å²) < 4.78 is 12.9. The molecule has 3 aromatic heterocycles. The van der Waals surface area contributed by atoms with E-state index < -0.39 is 10.8 Å². The highest BCUT2D eigenvalue weighted by molar-refractivity contribution is 7.99. The van der Waals surface area contributed by atoms with Gasteiger partial charge in [-0.2, -0.15) is 0 Å². The van der Waals surface area contributed by atoms with Gasteiger partial charge >= 0.3 is 0 Å². The number of amides is 1. The number of benzene rings is 1. The molecule has 1 amide bonds. The number of primary amides is 1. The Balaban J connectivity index is 1.54. The summed E-state index contributed by atoms with van der Waals surface area (Å²) >= 11 is 1.32. The van der Waals surface area contributed by atoms with Crippen molar-refractivity contribution in [2.45, 2.75) is 30.3 Å². The minimum absolute atomic E-state index is 0.0277. The Labute approximate surface area is 185 Å². The van der Waals surface area contributed by atoms with Gasteiger partial charge in [0.2, 0.25) is 17.7 Å². The first-order valence-corrected chi connectivity index (χ1v) is 10.3. The quantitative estimate of drug-likeness (QED) is 0.224. The number of carbonyl (C=O) groups excluding carboxylic acids is 1. The Morgan fingerprint density at radius 1 is 1.22 bits per heavy atom. The van der Waals surface area contributed by atoms with Crippen molar-refractivity contribution in [1.82, 2.24) is 25.0 Å². The number of furan rings is 1. The SMILES string of the molecule is CC(Sc1nnc(-c2ccco2)n1CCC(N)=O)c1nnc(-c2ccc([N+](=O)[O-])cc2)o1. The largest absolute Gasteiger partial charge is 0.461 e. The molecule has 1 unspecified atom stereocenters. The molecule has 0 fully saturated rings. The van der Waals surface area contributed by atoms with Crippen molar-refractivity contribution in [2.24, 2.45) is 5.73 Å². The third-order valence-electron chi connectivity index (χ3n) is 4.44. The van der Waals surface area contributed by atoms with Gasteiger partial charge in [-0.25, -0.2) is 0 Å². The summed E-state index contributed by atoms with van der Waals surface area (Å²) in [6.45, 7) is 2.14. The average Bonchev–Trinajstić information content (AvgIpc) is 3.53. The highest BCUT2D eigenvalue weighted by Crippen LogP contribution is 2.36. The molecule has 0 radical (unpaired) electrons. The lowest BCUT2D eigenvalue weighted by Gasteiger charge is -2.10. The predicted molar refractivity (Wildman–Crippen MR) is 112 cm³/mol. The van der Waals surface area contributed by atoms with Gasteiger partial charge in [-0.1, -0.05) is 11.8 Å². The number of aromatic nitrogens is 5. The molecule has 13 heteroatoms. The zero-order valence-corrected chi connectivity index (χ0v) is 17.6. The molecule has 1 aromatic carbocycles. The van der Waals surface area contributed by atoms with Gasteiger partial charge in [0.15, 0.2) is 16.7 Å². The molecule has 2 N–H and O–H groups in total. The number of nitro benzene ring substituents is 1. The van der Waals surface area contributed by atoms with E-state index in [4.69, 9.17) is 14.6 Å². The summed E-state index contributed by atoms with van der Waals surface area (Å²) in [5, 5.41) is 27.6. The second-order valence-corrected chi connectivity index (χ2v) is 7.97. The van der Waals surface area contributed by atoms with Gasteiger partial charge in [0, 0.05) is 30.7 Å². The van der Waals surface area contributed by atoms with Crippen LogP contribution in [0.25, 0.3) is 23.0 Å². The van der Waals surface area contributed by atoms with Crippen LogP contribution in [0.1, 0.15) is 24.5 Å². The smallest absolute Gasteiger partial charge is 0.269 e. The maximum absolute atomic E-state index is 11.3. The van der Waals surface area contributed by atoms with Gasteiger partial charge in [0.05, 0.1) is 16.4 Å². The number of nitrogens with zero attached hydrogens (tertiary/aromatic N) is 6. The van der Waals surface area contributed by atoms with Crippen LogP contribution in [0, 0.1) is 10.1 Å². The first-order valence-electron chi connectivity index (χ1n) is 9.42. The summed E-state index contributed by atoms with van der Waals surface area (Å²) in [6, 6.07) is 9.31. The molecule has 0 aliphatic carbocycles. The zero-order chi connectivity index (χ0) is 22.7. The lowest BCUT2D eigenvalue weighted by Crippen LogP contribution is -2.15. The Morgan fingerprint density at radius 3 is 2.66 bits per heavy atom. The van der Waals surface area contributed by atoms with Crippen molar-refractivity contribution >= 4 is 23.4 Å². The van der Waals surface area contributed by atoms with Crippen molar-refractivity contribution in [3.63, 3.8) is 0 Å². The van der Waals surface area contributed by atoms with E-state index >= 15 is 0 Å². The standard InChI is InChI=1S/C19H17N7O5S/c1-11(17-22-23-18(31-17)12-4-6-13(7-5-12)26(28)29)32-19-24-21-16(14-3-2-10-30-14)25(19)9-8-15(20)27/h2-7,10-11H,8-9H2,1H3,(H2,20,27). The fourth-order valence-electron chi connectivity index (χ4n) is 2.84. The molecule has 1 atom stereocenters. The van der Waals surface area contributed by atoms with Gasteiger partial charge in [0.25, 0.3) is 5.69 Å². The highest BCUT2D eigenvalue weighted by atomic mass is 32.2. The molecule has 3 heterocycles. The number of nitrogens with two attached hydrogens (primary N) is 1. The van der Waals surface area contributed by atoms with E-state index in [1.54, 1.807) is 28.8 Å². The van der Waals surface area contributed by atoms with E-state index in [2.05, 4.69) is 20.4 Å². The number of hydrogen-bond acceptors (Lipinski definition) is 10. The molecule has 0 bridgehead atoms. The van der Waals surface area contributed by atoms with Crippen LogP contribution in [0.4, 0.5) is 5.69 Å². The number of nitro groups is 1. The molecule has 164 valence electrons. The number of carbonyl (C=O) groups is 1. The molecule has 32 heavy (non-hydrogen) atoms. The summed E-state index contributed by atoms with van der Waals surface area (Å²) in [4.78, 5) is 21.6. The Kier molecular flexibility index (Phi) is 5.98. The Morgan fingerprint density at radius 2 is 2.00 bits per heavy atom. The van der Waals surface area contributed by atoms with Crippen LogP contribution in [-0.4, -0.2) is 35.8 Å². The maximum atomic E-state index is 11.3. The molecule has 0 spiro atoms. The van der Waals surface area contributed by atoms with Crippen molar-refractivity contribution in [1.29, 1.82) is 0 Å². The van der Waals surface area contributed by atoms with Crippen molar-refractivity contribution in [3.8, 4) is 23.0 Å². The van der Waals surface area contributed by atoms with E-state index in [1.807, 2.05) is 6.92 Å². The number of rotatable bonds is 9. The zero-order valence-electron chi connectivity index (χ0n) is 16.7. The molecule has 0 saturated carbocycles. The average molecular weight is 455 g/mol. The molecular formula is C19H17N7O5S. The van der Waals surface area contributed by atoms with Gasteiger partial charge in [-0.05, 0) is 31.2 Å². The second-order valence-electron chi connectivity index (χ2n) is 6.66. The van der Waals surface area contributed by atoms with Crippen LogP contribution in [-0.2, 0) is 11.3 Å². The normalized spacial score (nSPS) is 12.0. The Hall–Kier alpha value is -4.00. The topological polar surface area (TPSA) is 169 Å². The molecule has 0 aliphatic rings. The van der Waals surface area contributed by atoms with Crippen LogP contribution < -0.4 is 5.73 Å². The fourth-order valence-corrected chi connectivity index (χ4v) is 3.74. The number of non-ortho nitro benzene ring substituents is 1. The van der Waals surface area contributed by atoms with Crippen molar-refractivity contribution < 1.29 is 18.6 Å². The molecular weight excluding hydrogens is 438 g/mol. The molecule has 4 rings (SSSR count). The lowest BCUT2D eigenvalue weighted by molar-refractivity contribution is -0.384. The van der Waals surface area contributed by atoms with Crippen molar-refractivity contribution in [3.05, 3.63) is 58.7 Å². The molecule has 0 saturated heterocycles.